The van der Waals surface area contributed by atoms with E-state index in [1.807, 2.05) is 0 Å². The van der Waals surface area contributed by atoms with Gasteiger partial charge in [-0.05, 0) is 12.8 Å². The average molecular weight is 221 g/mol. The molecule has 0 aliphatic heterocycles. The number of unbranched alkanes of at least 4 members (excludes halogenated alkanes) is 1. The molecule has 0 aromatic rings. The van der Waals surface area contributed by atoms with Crippen molar-refractivity contribution in [3.8, 4) is 0 Å². The van der Waals surface area contributed by atoms with Crippen LogP contribution in [-0.2, 0) is 14.5 Å². The van der Waals surface area contributed by atoms with Gasteiger partial charge in [0.1, 0.15) is 0 Å². The summed E-state index contributed by atoms with van der Waals surface area (Å²) >= 11 is 0. The molecule has 0 fully saturated rings. The van der Waals surface area contributed by atoms with Crippen LogP contribution in [0.2, 0.25) is 0 Å². The summed E-state index contributed by atoms with van der Waals surface area (Å²) in [5.74, 6) is 0. The fraction of sp³-hybridized carbons (Fsp3) is 1.00. The fourth-order valence-electron chi connectivity index (χ4n) is 0.603. The van der Waals surface area contributed by atoms with Gasteiger partial charge in [-0.15, -0.1) is 0 Å². The van der Waals surface area contributed by atoms with Crippen LogP contribution in [0, 0.1) is 0 Å². The molecule has 0 saturated carbocycles. The highest BCUT2D eigenvalue weighted by Crippen LogP contribution is 2.21. The molecule has 0 aliphatic carbocycles. The summed E-state index contributed by atoms with van der Waals surface area (Å²) in [7, 11) is -4.02. The van der Waals surface area contributed by atoms with Crippen molar-refractivity contribution in [2.24, 2.45) is 5.14 Å². The minimum Gasteiger partial charge on any atom is -0.258 e. The van der Waals surface area contributed by atoms with Crippen LogP contribution >= 0.6 is 0 Å². The first-order valence-corrected chi connectivity index (χ1v) is 4.92. The number of rotatable bonds is 5. The van der Waals surface area contributed by atoms with E-state index in [0.29, 0.717) is 0 Å². The largest absolute Gasteiger partial charge is 0.389 e. The van der Waals surface area contributed by atoms with Crippen molar-refractivity contribution in [3.63, 3.8) is 0 Å². The third-order valence-corrected chi connectivity index (χ3v) is 1.60. The Labute approximate surface area is 74.1 Å². The Morgan fingerprint density at radius 3 is 2.15 bits per heavy atom. The summed E-state index contributed by atoms with van der Waals surface area (Å²) in [6, 6.07) is 0. The highest BCUT2D eigenvalue weighted by molar-refractivity contribution is 7.84. The zero-order chi connectivity index (χ0) is 10.5. The number of alkyl halides is 3. The molecule has 0 atom stereocenters. The summed E-state index contributed by atoms with van der Waals surface area (Å²) in [5.41, 5.74) is 0. The predicted molar refractivity (Wildman–Crippen MR) is 39.0 cm³/mol. The Morgan fingerprint density at radius 1 is 1.23 bits per heavy atom. The standard InChI is InChI=1S/C5H10F3NO3S/c6-5(7,8)3-1-2-4-12-13(9,10)11/h1-4H2,(H2,9,10,11). The van der Waals surface area contributed by atoms with Gasteiger partial charge < -0.3 is 0 Å². The van der Waals surface area contributed by atoms with Gasteiger partial charge in [0.25, 0.3) is 0 Å². The van der Waals surface area contributed by atoms with E-state index >= 15 is 0 Å². The first kappa shape index (κ1) is 12.7. The molecule has 0 spiro atoms. The van der Waals surface area contributed by atoms with E-state index in [4.69, 9.17) is 0 Å². The molecule has 0 rings (SSSR count). The Hall–Kier alpha value is -0.340. The Kier molecular flexibility index (Phi) is 4.65. The monoisotopic (exact) mass is 221 g/mol. The number of nitrogens with two attached hydrogens (primary N) is 1. The lowest BCUT2D eigenvalue weighted by molar-refractivity contribution is -0.135. The molecule has 80 valence electrons. The van der Waals surface area contributed by atoms with E-state index in [2.05, 4.69) is 9.32 Å². The highest BCUT2D eigenvalue weighted by Gasteiger charge is 2.25. The van der Waals surface area contributed by atoms with Crippen LogP contribution in [0.5, 0.6) is 0 Å². The van der Waals surface area contributed by atoms with Crippen molar-refractivity contribution < 1.29 is 25.8 Å². The maximum Gasteiger partial charge on any atom is 0.389 e. The van der Waals surface area contributed by atoms with E-state index < -0.39 is 22.9 Å². The number of hydrogen-bond acceptors (Lipinski definition) is 3. The van der Waals surface area contributed by atoms with Gasteiger partial charge in [-0.25, -0.2) is 5.14 Å². The van der Waals surface area contributed by atoms with Gasteiger partial charge >= 0.3 is 16.5 Å². The highest BCUT2D eigenvalue weighted by atomic mass is 32.2. The third-order valence-electron chi connectivity index (χ3n) is 1.10. The SMILES string of the molecule is NS(=O)(=O)OCCCCC(F)(F)F. The topological polar surface area (TPSA) is 69.4 Å². The molecule has 0 saturated heterocycles. The van der Waals surface area contributed by atoms with Crippen LogP contribution in [-0.4, -0.2) is 21.2 Å². The second-order valence-electron chi connectivity index (χ2n) is 2.39. The molecule has 13 heavy (non-hydrogen) atoms. The molecule has 4 nitrogen and oxygen atoms in total. The summed E-state index contributed by atoms with van der Waals surface area (Å²) in [4.78, 5) is 0. The van der Waals surface area contributed by atoms with Crippen molar-refractivity contribution in [3.05, 3.63) is 0 Å². The molecule has 0 aliphatic rings. The quantitative estimate of drug-likeness (QED) is 0.702. The normalized spacial score (nSPS) is 13.2. The lowest BCUT2D eigenvalue weighted by atomic mass is 10.2. The summed E-state index contributed by atoms with van der Waals surface area (Å²) in [6.45, 7) is -0.311. The van der Waals surface area contributed by atoms with Crippen LogP contribution < -0.4 is 5.14 Å². The maximum atomic E-state index is 11.5. The summed E-state index contributed by atoms with van der Waals surface area (Å²) < 4.78 is 58.9. The molecule has 0 amide bonds. The van der Waals surface area contributed by atoms with Crippen molar-refractivity contribution in [1.29, 1.82) is 0 Å². The van der Waals surface area contributed by atoms with Crippen molar-refractivity contribution >= 4 is 10.3 Å². The molecule has 0 aromatic carbocycles. The third kappa shape index (κ3) is 11.7. The molecule has 8 heteroatoms. The predicted octanol–water partition coefficient (Wildman–Crippen LogP) is 0.939. The second kappa shape index (κ2) is 4.77. The maximum absolute atomic E-state index is 11.5. The zero-order valence-electron chi connectivity index (χ0n) is 6.67. The van der Waals surface area contributed by atoms with Gasteiger partial charge in [-0.2, -0.15) is 21.6 Å². The van der Waals surface area contributed by atoms with Gasteiger partial charge in [0.2, 0.25) is 0 Å². The van der Waals surface area contributed by atoms with E-state index in [9.17, 15) is 21.6 Å². The smallest absolute Gasteiger partial charge is 0.258 e. The number of hydrogen-bond donors (Lipinski definition) is 1. The molecule has 2 N–H and O–H groups in total. The van der Waals surface area contributed by atoms with Crippen molar-refractivity contribution in [2.45, 2.75) is 25.4 Å². The molecule has 0 radical (unpaired) electrons. The van der Waals surface area contributed by atoms with Gasteiger partial charge in [-0.3, -0.25) is 4.18 Å². The lowest BCUT2D eigenvalue weighted by Crippen LogP contribution is -2.16. The molecule has 0 unspecified atom stereocenters. The van der Waals surface area contributed by atoms with Crippen molar-refractivity contribution in [1.82, 2.24) is 0 Å². The first-order chi connectivity index (χ1) is 5.71. The average Bonchev–Trinajstić information content (AvgIpc) is 1.81. The molecular weight excluding hydrogens is 211 g/mol. The van der Waals surface area contributed by atoms with Gasteiger partial charge in [0, 0.05) is 6.42 Å². The second-order valence-corrected chi connectivity index (χ2v) is 3.61. The molecular formula is C5H10F3NO3S. The lowest BCUT2D eigenvalue weighted by Gasteiger charge is -2.04. The molecule has 0 aromatic heterocycles. The van der Waals surface area contributed by atoms with Crippen LogP contribution in [0.1, 0.15) is 19.3 Å². The van der Waals surface area contributed by atoms with E-state index in [0.717, 1.165) is 0 Å². The van der Waals surface area contributed by atoms with Gasteiger partial charge in [-0.1, -0.05) is 0 Å². The van der Waals surface area contributed by atoms with Gasteiger partial charge in [0.15, 0.2) is 0 Å². The Bertz CT molecular complexity index is 236. The van der Waals surface area contributed by atoms with Crippen LogP contribution in [0.4, 0.5) is 13.2 Å². The minimum absolute atomic E-state index is 0.00986. The van der Waals surface area contributed by atoms with Gasteiger partial charge in [0.05, 0.1) is 6.61 Å². The first-order valence-electron chi connectivity index (χ1n) is 3.44. The van der Waals surface area contributed by atoms with Crippen molar-refractivity contribution in [2.75, 3.05) is 6.61 Å². The fourth-order valence-corrected chi connectivity index (χ4v) is 0.953. The molecule has 0 bridgehead atoms. The van der Waals surface area contributed by atoms with E-state index in [-0.39, 0.29) is 19.4 Å². The zero-order valence-corrected chi connectivity index (χ0v) is 7.49. The number of halogens is 3. The van der Waals surface area contributed by atoms with E-state index in [1.54, 1.807) is 0 Å². The van der Waals surface area contributed by atoms with Crippen LogP contribution in [0.25, 0.3) is 0 Å². The Balaban J connectivity index is 3.39. The summed E-state index contributed by atoms with van der Waals surface area (Å²) in [5, 5.41) is 4.43. The van der Waals surface area contributed by atoms with Crippen LogP contribution in [0.15, 0.2) is 0 Å². The summed E-state index contributed by atoms with van der Waals surface area (Å²) in [6.07, 6.45) is -5.31. The Morgan fingerprint density at radius 2 is 1.77 bits per heavy atom. The van der Waals surface area contributed by atoms with E-state index in [1.165, 1.54) is 0 Å². The van der Waals surface area contributed by atoms with Crippen LogP contribution in [0.3, 0.4) is 0 Å². The molecule has 0 heterocycles. The minimum atomic E-state index is -4.21.